The summed E-state index contributed by atoms with van der Waals surface area (Å²) in [6.45, 7) is 4.19. The van der Waals surface area contributed by atoms with Crippen LogP contribution in [0.15, 0.2) is 12.4 Å². The second-order valence-corrected chi connectivity index (χ2v) is 5.36. The van der Waals surface area contributed by atoms with Gasteiger partial charge >= 0.3 is 5.97 Å². The van der Waals surface area contributed by atoms with Crippen LogP contribution in [0.1, 0.15) is 32.6 Å². The van der Waals surface area contributed by atoms with E-state index >= 15 is 0 Å². The number of piperidine rings is 1. The van der Waals surface area contributed by atoms with E-state index < -0.39 is 0 Å². The summed E-state index contributed by atoms with van der Waals surface area (Å²) >= 11 is 5.88. The van der Waals surface area contributed by atoms with Crippen LogP contribution in [0, 0.1) is 5.92 Å². The molecule has 0 amide bonds. The number of halogens is 1. The number of rotatable bonds is 5. The summed E-state index contributed by atoms with van der Waals surface area (Å²) in [5.74, 6) is 1.39. The van der Waals surface area contributed by atoms with E-state index in [1.165, 1.54) is 6.33 Å². The standard InChI is InChI=1S/C14H20ClN3O2/c1-2-20-14(19)4-3-11-5-7-18(8-6-11)13-9-12(15)16-10-17-13/h9-11H,2-8H2,1H3. The molecule has 1 aliphatic heterocycles. The molecule has 1 aromatic heterocycles. The predicted molar refractivity (Wildman–Crippen MR) is 77.8 cm³/mol. The summed E-state index contributed by atoms with van der Waals surface area (Å²) < 4.78 is 4.96. The molecule has 0 radical (unpaired) electrons. The molecule has 0 bridgehead atoms. The molecule has 2 heterocycles. The average Bonchev–Trinajstić information content (AvgIpc) is 2.46. The Morgan fingerprint density at radius 2 is 2.20 bits per heavy atom. The Kier molecular flexibility index (Phi) is 5.59. The van der Waals surface area contributed by atoms with Crippen LogP contribution < -0.4 is 4.90 Å². The maximum Gasteiger partial charge on any atom is 0.305 e. The first kappa shape index (κ1) is 15.0. The van der Waals surface area contributed by atoms with Gasteiger partial charge in [-0.25, -0.2) is 9.97 Å². The summed E-state index contributed by atoms with van der Waals surface area (Å²) in [5.41, 5.74) is 0. The molecule has 0 unspecified atom stereocenters. The van der Waals surface area contributed by atoms with E-state index in [-0.39, 0.29) is 5.97 Å². The fourth-order valence-electron chi connectivity index (χ4n) is 2.50. The van der Waals surface area contributed by atoms with Gasteiger partial charge in [-0.1, -0.05) is 11.6 Å². The van der Waals surface area contributed by atoms with Crippen LogP contribution in [0.25, 0.3) is 0 Å². The van der Waals surface area contributed by atoms with Crippen molar-refractivity contribution in [1.29, 1.82) is 0 Å². The number of nitrogens with zero attached hydrogens (tertiary/aromatic N) is 3. The van der Waals surface area contributed by atoms with Crippen LogP contribution >= 0.6 is 11.6 Å². The largest absolute Gasteiger partial charge is 0.466 e. The van der Waals surface area contributed by atoms with Crippen LogP contribution in [0.2, 0.25) is 5.15 Å². The monoisotopic (exact) mass is 297 g/mol. The van der Waals surface area contributed by atoms with Gasteiger partial charge in [0.25, 0.3) is 0 Å². The highest BCUT2D eigenvalue weighted by atomic mass is 35.5. The van der Waals surface area contributed by atoms with Gasteiger partial charge in [-0.2, -0.15) is 0 Å². The van der Waals surface area contributed by atoms with Gasteiger partial charge in [0.05, 0.1) is 6.61 Å². The van der Waals surface area contributed by atoms with Gasteiger partial charge in [-0.05, 0) is 32.1 Å². The van der Waals surface area contributed by atoms with E-state index in [1.807, 2.05) is 6.92 Å². The minimum atomic E-state index is -0.0856. The first-order valence-electron chi connectivity index (χ1n) is 7.07. The highest BCUT2D eigenvalue weighted by Gasteiger charge is 2.21. The number of hydrogen-bond acceptors (Lipinski definition) is 5. The van der Waals surface area contributed by atoms with Gasteiger partial charge in [0.15, 0.2) is 0 Å². The molecule has 0 aliphatic carbocycles. The molecule has 5 nitrogen and oxygen atoms in total. The first-order chi connectivity index (χ1) is 9.69. The van der Waals surface area contributed by atoms with Crippen LogP contribution in [0.4, 0.5) is 5.82 Å². The van der Waals surface area contributed by atoms with Crippen LogP contribution in [0.3, 0.4) is 0 Å². The van der Waals surface area contributed by atoms with Crippen LogP contribution in [-0.4, -0.2) is 35.6 Å². The summed E-state index contributed by atoms with van der Waals surface area (Å²) in [6, 6.07) is 1.79. The normalized spacial score (nSPS) is 16.2. The van der Waals surface area contributed by atoms with Gasteiger partial charge in [0, 0.05) is 25.6 Å². The summed E-state index contributed by atoms with van der Waals surface area (Å²) in [5, 5.41) is 0.472. The Balaban J connectivity index is 1.76. The van der Waals surface area contributed by atoms with Crippen molar-refractivity contribution in [2.75, 3.05) is 24.6 Å². The maximum atomic E-state index is 11.3. The molecule has 20 heavy (non-hydrogen) atoms. The maximum absolute atomic E-state index is 11.3. The minimum absolute atomic E-state index is 0.0856. The first-order valence-corrected chi connectivity index (χ1v) is 7.45. The van der Waals surface area contributed by atoms with Gasteiger partial charge < -0.3 is 9.64 Å². The average molecular weight is 298 g/mol. The Morgan fingerprint density at radius 3 is 2.85 bits per heavy atom. The molecule has 1 aromatic rings. The second-order valence-electron chi connectivity index (χ2n) is 4.97. The van der Waals surface area contributed by atoms with Crippen LogP contribution in [0.5, 0.6) is 0 Å². The van der Waals surface area contributed by atoms with E-state index in [1.54, 1.807) is 6.07 Å². The third-order valence-electron chi connectivity index (χ3n) is 3.62. The lowest BCUT2D eigenvalue weighted by atomic mass is 9.92. The van der Waals surface area contributed by atoms with Crippen molar-refractivity contribution >= 4 is 23.4 Å². The SMILES string of the molecule is CCOC(=O)CCC1CCN(c2cc(Cl)ncn2)CC1. The number of carbonyl (C=O) groups excluding carboxylic acids is 1. The van der Waals surface area contributed by atoms with Crippen LogP contribution in [-0.2, 0) is 9.53 Å². The summed E-state index contributed by atoms with van der Waals surface area (Å²) in [7, 11) is 0. The Morgan fingerprint density at radius 1 is 1.45 bits per heavy atom. The summed E-state index contributed by atoms with van der Waals surface area (Å²) in [4.78, 5) is 21.7. The number of aromatic nitrogens is 2. The van der Waals surface area contributed by atoms with Crippen molar-refractivity contribution in [3.8, 4) is 0 Å². The van der Waals surface area contributed by atoms with Gasteiger partial charge in [0.1, 0.15) is 17.3 Å². The lowest BCUT2D eigenvalue weighted by Gasteiger charge is -2.32. The van der Waals surface area contributed by atoms with E-state index in [9.17, 15) is 4.79 Å². The van der Waals surface area contributed by atoms with Crippen molar-refractivity contribution in [2.45, 2.75) is 32.6 Å². The highest BCUT2D eigenvalue weighted by molar-refractivity contribution is 6.29. The minimum Gasteiger partial charge on any atom is -0.466 e. The third-order valence-corrected chi connectivity index (χ3v) is 3.83. The lowest BCUT2D eigenvalue weighted by molar-refractivity contribution is -0.143. The van der Waals surface area contributed by atoms with Crippen molar-refractivity contribution in [3.63, 3.8) is 0 Å². The van der Waals surface area contributed by atoms with Gasteiger partial charge in [-0.15, -0.1) is 0 Å². The molecule has 6 heteroatoms. The number of hydrogen-bond donors (Lipinski definition) is 0. The molecule has 2 rings (SSSR count). The molecule has 1 saturated heterocycles. The Labute approximate surface area is 124 Å². The van der Waals surface area contributed by atoms with Crippen molar-refractivity contribution in [1.82, 2.24) is 9.97 Å². The molecule has 0 atom stereocenters. The molecule has 0 spiro atoms. The van der Waals surface area contributed by atoms with Crippen molar-refractivity contribution in [3.05, 3.63) is 17.5 Å². The smallest absolute Gasteiger partial charge is 0.305 e. The summed E-state index contributed by atoms with van der Waals surface area (Å²) in [6.07, 6.45) is 5.07. The molecular formula is C14H20ClN3O2. The third kappa shape index (κ3) is 4.34. The van der Waals surface area contributed by atoms with Gasteiger partial charge in [0.2, 0.25) is 0 Å². The van der Waals surface area contributed by atoms with E-state index in [0.29, 0.717) is 24.1 Å². The Bertz CT molecular complexity index is 448. The lowest BCUT2D eigenvalue weighted by Crippen LogP contribution is -2.34. The fraction of sp³-hybridized carbons (Fsp3) is 0.643. The second kappa shape index (κ2) is 7.43. The topological polar surface area (TPSA) is 55.3 Å². The number of ether oxygens (including phenoxy) is 1. The zero-order valence-electron chi connectivity index (χ0n) is 11.7. The highest BCUT2D eigenvalue weighted by Crippen LogP contribution is 2.25. The number of carbonyl (C=O) groups is 1. The zero-order valence-corrected chi connectivity index (χ0v) is 12.5. The molecule has 1 fully saturated rings. The van der Waals surface area contributed by atoms with Gasteiger partial charge in [-0.3, -0.25) is 4.79 Å². The van der Waals surface area contributed by atoms with E-state index in [4.69, 9.17) is 16.3 Å². The quantitative estimate of drug-likeness (QED) is 0.618. The molecule has 0 aromatic carbocycles. The molecular weight excluding hydrogens is 278 g/mol. The van der Waals surface area contributed by atoms with Crippen molar-refractivity contribution in [2.24, 2.45) is 5.92 Å². The number of anilines is 1. The number of esters is 1. The zero-order chi connectivity index (χ0) is 14.4. The molecule has 0 saturated carbocycles. The van der Waals surface area contributed by atoms with Crippen molar-refractivity contribution < 1.29 is 9.53 Å². The predicted octanol–water partition coefficient (Wildman–Crippen LogP) is 2.69. The van der Waals surface area contributed by atoms with E-state index in [2.05, 4.69) is 14.9 Å². The Hall–Kier alpha value is -1.36. The fourth-order valence-corrected chi connectivity index (χ4v) is 2.64. The molecule has 1 aliphatic rings. The van der Waals surface area contributed by atoms with E-state index in [0.717, 1.165) is 38.2 Å². The molecule has 110 valence electrons. The molecule has 0 N–H and O–H groups in total.